The van der Waals surface area contributed by atoms with E-state index in [1.54, 1.807) is 0 Å². The summed E-state index contributed by atoms with van der Waals surface area (Å²) in [4.78, 5) is 24.1. The predicted molar refractivity (Wildman–Crippen MR) is 77.7 cm³/mol. The molecule has 1 aromatic rings. The Morgan fingerprint density at radius 2 is 1.96 bits per heavy atom. The maximum Gasteiger partial charge on any atom is 0.416 e. The predicted octanol–water partition coefficient (Wildman–Crippen LogP) is 2.20. The standard InChI is InChI=1S/C15H17F3N2O4/c16-15(17,18)11-1-3-12(4-2-11)24-8-6-19-14(23)20-7-5-10(9-20)13(21)22/h1-4,10H,5-9H2,(H,19,23)(H,21,22). The number of rotatable bonds is 5. The molecule has 1 aromatic carbocycles. The van der Waals surface area contributed by atoms with Crippen LogP contribution in [-0.4, -0.2) is 48.2 Å². The molecule has 24 heavy (non-hydrogen) atoms. The average molecular weight is 346 g/mol. The number of ether oxygens (including phenoxy) is 1. The molecule has 1 aliphatic heterocycles. The van der Waals surface area contributed by atoms with Gasteiger partial charge in [0, 0.05) is 13.1 Å². The van der Waals surface area contributed by atoms with Crippen molar-refractivity contribution in [2.24, 2.45) is 5.92 Å². The number of benzene rings is 1. The number of carbonyl (C=O) groups is 2. The molecule has 1 saturated heterocycles. The number of nitrogens with zero attached hydrogens (tertiary/aromatic N) is 1. The van der Waals surface area contributed by atoms with Crippen LogP contribution in [0.3, 0.4) is 0 Å². The van der Waals surface area contributed by atoms with Crippen LogP contribution in [0, 0.1) is 5.92 Å². The first-order valence-corrected chi connectivity index (χ1v) is 7.33. The second-order valence-corrected chi connectivity index (χ2v) is 5.37. The third kappa shape index (κ3) is 4.77. The number of alkyl halides is 3. The molecule has 1 heterocycles. The van der Waals surface area contributed by atoms with Crippen LogP contribution < -0.4 is 10.1 Å². The van der Waals surface area contributed by atoms with Crippen molar-refractivity contribution in [3.8, 4) is 5.75 Å². The molecule has 1 aliphatic rings. The number of hydrogen-bond acceptors (Lipinski definition) is 3. The van der Waals surface area contributed by atoms with Crippen molar-refractivity contribution in [3.05, 3.63) is 29.8 Å². The highest BCUT2D eigenvalue weighted by molar-refractivity contribution is 5.77. The molecule has 1 fully saturated rings. The third-order valence-corrected chi connectivity index (χ3v) is 3.65. The highest BCUT2D eigenvalue weighted by Gasteiger charge is 2.31. The van der Waals surface area contributed by atoms with E-state index in [0.29, 0.717) is 13.0 Å². The fourth-order valence-electron chi connectivity index (χ4n) is 2.33. The van der Waals surface area contributed by atoms with Gasteiger partial charge in [0.05, 0.1) is 18.0 Å². The lowest BCUT2D eigenvalue weighted by atomic mass is 10.1. The molecular formula is C15H17F3N2O4. The number of nitrogens with one attached hydrogen (secondary N) is 1. The van der Waals surface area contributed by atoms with E-state index in [2.05, 4.69) is 5.32 Å². The van der Waals surface area contributed by atoms with E-state index in [4.69, 9.17) is 9.84 Å². The topological polar surface area (TPSA) is 78.9 Å². The molecular weight excluding hydrogens is 329 g/mol. The van der Waals surface area contributed by atoms with Crippen molar-refractivity contribution in [1.82, 2.24) is 10.2 Å². The molecule has 0 saturated carbocycles. The van der Waals surface area contributed by atoms with Crippen LogP contribution in [0.4, 0.5) is 18.0 Å². The zero-order valence-corrected chi connectivity index (χ0v) is 12.7. The molecule has 9 heteroatoms. The van der Waals surface area contributed by atoms with Gasteiger partial charge in [-0.1, -0.05) is 0 Å². The smallest absolute Gasteiger partial charge is 0.416 e. The zero-order chi connectivity index (χ0) is 17.7. The van der Waals surface area contributed by atoms with E-state index in [-0.39, 0.29) is 31.5 Å². The van der Waals surface area contributed by atoms with Crippen molar-refractivity contribution >= 4 is 12.0 Å². The first-order chi connectivity index (χ1) is 11.3. The molecule has 2 amide bonds. The van der Waals surface area contributed by atoms with Crippen molar-refractivity contribution in [2.75, 3.05) is 26.2 Å². The third-order valence-electron chi connectivity index (χ3n) is 3.65. The number of carbonyl (C=O) groups excluding carboxylic acids is 1. The summed E-state index contributed by atoms with van der Waals surface area (Å²) in [5.41, 5.74) is -0.759. The monoisotopic (exact) mass is 346 g/mol. The maximum absolute atomic E-state index is 12.4. The summed E-state index contributed by atoms with van der Waals surface area (Å²) in [6.45, 7) is 0.797. The minimum atomic E-state index is -4.39. The molecule has 1 atom stereocenters. The van der Waals surface area contributed by atoms with Gasteiger partial charge in [0.15, 0.2) is 0 Å². The minimum Gasteiger partial charge on any atom is -0.492 e. The van der Waals surface area contributed by atoms with Gasteiger partial charge < -0.3 is 20.1 Å². The van der Waals surface area contributed by atoms with Gasteiger partial charge in [-0.05, 0) is 30.7 Å². The summed E-state index contributed by atoms with van der Waals surface area (Å²) in [6.07, 6.45) is -3.97. The number of carboxylic acid groups (broad SMARTS) is 1. The lowest BCUT2D eigenvalue weighted by Crippen LogP contribution is -2.40. The van der Waals surface area contributed by atoms with Gasteiger partial charge in [-0.2, -0.15) is 13.2 Å². The van der Waals surface area contributed by atoms with Gasteiger partial charge in [-0.15, -0.1) is 0 Å². The number of urea groups is 1. The van der Waals surface area contributed by atoms with Gasteiger partial charge in [0.1, 0.15) is 12.4 Å². The highest BCUT2D eigenvalue weighted by Crippen LogP contribution is 2.30. The van der Waals surface area contributed by atoms with Crippen LogP contribution in [0.25, 0.3) is 0 Å². The number of hydrogen-bond donors (Lipinski definition) is 2. The Kier molecular flexibility index (Phi) is 5.53. The SMILES string of the molecule is O=C(O)C1CCN(C(=O)NCCOc2ccc(C(F)(F)F)cc2)C1. The molecule has 1 unspecified atom stereocenters. The fraction of sp³-hybridized carbons (Fsp3) is 0.467. The summed E-state index contributed by atoms with van der Waals surface area (Å²) < 4.78 is 42.5. The first kappa shape index (κ1) is 17.9. The van der Waals surface area contributed by atoms with Crippen LogP contribution >= 0.6 is 0 Å². The molecule has 2 rings (SSSR count). The van der Waals surface area contributed by atoms with Crippen LogP contribution in [0.1, 0.15) is 12.0 Å². The van der Waals surface area contributed by atoms with E-state index in [1.165, 1.54) is 17.0 Å². The number of halogens is 3. The first-order valence-electron chi connectivity index (χ1n) is 7.33. The Morgan fingerprint density at radius 3 is 2.50 bits per heavy atom. The lowest BCUT2D eigenvalue weighted by Gasteiger charge is -2.17. The molecule has 2 N–H and O–H groups in total. The number of amides is 2. The maximum atomic E-state index is 12.4. The molecule has 0 aromatic heterocycles. The van der Waals surface area contributed by atoms with E-state index < -0.39 is 23.6 Å². The van der Waals surface area contributed by atoms with Gasteiger partial charge in [0.25, 0.3) is 0 Å². The number of carboxylic acids is 1. The van der Waals surface area contributed by atoms with Crippen LogP contribution in [0.5, 0.6) is 5.75 Å². The largest absolute Gasteiger partial charge is 0.492 e. The summed E-state index contributed by atoms with van der Waals surface area (Å²) in [7, 11) is 0. The van der Waals surface area contributed by atoms with E-state index in [9.17, 15) is 22.8 Å². The van der Waals surface area contributed by atoms with E-state index in [0.717, 1.165) is 12.1 Å². The lowest BCUT2D eigenvalue weighted by molar-refractivity contribution is -0.141. The Hall–Kier alpha value is -2.45. The number of likely N-dealkylation sites (tertiary alicyclic amines) is 1. The van der Waals surface area contributed by atoms with Gasteiger partial charge in [-0.3, -0.25) is 4.79 Å². The summed E-state index contributed by atoms with van der Waals surface area (Å²) in [5, 5.41) is 11.5. The Morgan fingerprint density at radius 1 is 1.29 bits per heavy atom. The Labute approximate surface area is 136 Å². The highest BCUT2D eigenvalue weighted by atomic mass is 19.4. The number of aliphatic carboxylic acids is 1. The van der Waals surface area contributed by atoms with Crippen molar-refractivity contribution in [2.45, 2.75) is 12.6 Å². The van der Waals surface area contributed by atoms with Gasteiger partial charge >= 0.3 is 18.2 Å². The zero-order valence-electron chi connectivity index (χ0n) is 12.7. The Balaban J connectivity index is 1.69. The minimum absolute atomic E-state index is 0.0906. The van der Waals surface area contributed by atoms with Gasteiger partial charge in [-0.25, -0.2) is 4.79 Å². The fourth-order valence-corrected chi connectivity index (χ4v) is 2.33. The van der Waals surface area contributed by atoms with Crippen LogP contribution in [0.2, 0.25) is 0 Å². The van der Waals surface area contributed by atoms with E-state index in [1.807, 2.05) is 0 Å². The molecule has 0 spiro atoms. The second-order valence-electron chi connectivity index (χ2n) is 5.37. The van der Waals surface area contributed by atoms with E-state index >= 15 is 0 Å². The molecule has 132 valence electrons. The molecule has 0 bridgehead atoms. The van der Waals surface area contributed by atoms with Crippen LogP contribution in [0.15, 0.2) is 24.3 Å². The van der Waals surface area contributed by atoms with Crippen LogP contribution in [-0.2, 0) is 11.0 Å². The van der Waals surface area contributed by atoms with Crippen molar-refractivity contribution in [1.29, 1.82) is 0 Å². The Bertz CT molecular complexity index is 589. The summed E-state index contributed by atoms with van der Waals surface area (Å²) in [5.74, 6) is -1.19. The average Bonchev–Trinajstić information content (AvgIpc) is 3.01. The normalized spacial score (nSPS) is 17.6. The quantitative estimate of drug-likeness (QED) is 0.801. The summed E-state index contributed by atoms with van der Waals surface area (Å²) in [6, 6.07) is 3.88. The van der Waals surface area contributed by atoms with Gasteiger partial charge in [0.2, 0.25) is 0 Å². The molecule has 0 aliphatic carbocycles. The molecule has 6 nitrogen and oxygen atoms in total. The summed E-state index contributed by atoms with van der Waals surface area (Å²) >= 11 is 0. The second kappa shape index (κ2) is 7.41. The van der Waals surface area contributed by atoms with Crippen molar-refractivity contribution in [3.63, 3.8) is 0 Å². The molecule has 0 radical (unpaired) electrons. The van der Waals surface area contributed by atoms with Crippen molar-refractivity contribution < 1.29 is 32.6 Å².